The topological polar surface area (TPSA) is 109 Å². The molecule has 120 valence electrons. The van der Waals surface area contributed by atoms with Crippen molar-refractivity contribution in [3.63, 3.8) is 0 Å². The number of rotatable bonds is 10. The fourth-order valence-electron chi connectivity index (χ4n) is 1.64. The lowest BCUT2D eigenvalue weighted by Gasteiger charge is -2.20. The summed E-state index contributed by atoms with van der Waals surface area (Å²) in [5, 5.41) is 0. The molecule has 1 aromatic heterocycles. The number of methoxy groups -OCH3 is 4. The number of aromatic amines is 1. The van der Waals surface area contributed by atoms with Crippen LogP contribution in [0.2, 0.25) is 0 Å². The summed E-state index contributed by atoms with van der Waals surface area (Å²) >= 11 is 0. The van der Waals surface area contributed by atoms with Crippen molar-refractivity contribution in [1.29, 1.82) is 0 Å². The number of nitrogens with two attached hydrogens (primary N) is 1. The molecule has 1 rings (SSSR count). The Bertz CT molecular complexity index is 375. The van der Waals surface area contributed by atoms with Crippen molar-refractivity contribution in [2.75, 3.05) is 70.9 Å². The Labute approximate surface area is 123 Å². The lowest BCUT2D eigenvalue weighted by atomic mass is 10.7. The SMILES string of the molecule is COCN(COC)c1nc(N)nc(N(COC)COC)[nH+]1. The quantitative estimate of drug-likeness (QED) is 0.539. The summed E-state index contributed by atoms with van der Waals surface area (Å²) in [6.45, 7) is 1.15. The summed E-state index contributed by atoms with van der Waals surface area (Å²) in [5.41, 5.74) is 5.76. The molecule has 3 N–H and O–H groups in total. The van der Waals surface area contributed by atoms with E-state index in [2.05, 4.69) is 15.0 Å². The van der Waals surface area contributed by atoms with Gasteiger partial charge in [-0.05, 0) is 0 Å². The zero-order valence-corrected chi connectivity index (χ0v) is 12.8. The van der Waals surface area contributed by atoms with Gasteiger partial charge in [-0.1, -0.05) is 9.97 Å². The first-order chi connectivity index (χ1) is 10.2. The van der Waals surface area contributed by atoms with Crippen molar-refractivity contribution in [3.8, 4) is 0 Å². The predicted octanol–water partition coefficient (Wildman–Crippen LogP) is -1.10. The zero-order valence-electron chi connectivity index (χ0n) is 12.8. The Morgan fingerprint density at radius 2 is 1.14 bits per heavy atom. The van der Waals surface area contributed by atoms with Gasteiger partial charge >= 0.3 is 17.8 Å². The molecule has 0 unspecified atom stereocenters. The first-order valence-corrected chi connectivity index (χ1v) is 6.18. The molecule has 0 atom stereocenters. The van der Waals surface area contributed by atoms with E-state index in [1.807, 2.05) is 0 Å². The lowest BCUT2D eigenvalue weighted by molar-refractivity contribution is -0.361. The van der Waals surface area contributed by atoms with E-state index in [4.69, 9.17) is 24.7 Å². The predicted molar refractivity (Wildman–Crippen MR) is 75.5 cm³/mol. The smallest absolute Gasteiger partial charge is 0.328 e. The maximum absolute atomic E-state index is 5.76. The molecule has 0 bridgehead atoms. The van der Waals surface area contributed by atoms with E-state index in [0.717, 1.165) is 0 Å². The van der Waals surface area contributed by atoms with Crippen LogP contribution in [0, 0.1) is 0 Å². The highest BCUT2D eigenvalue weighted by atomic mass is 16.5. The van der Waals surface area contributed by atoms with E-state index in [1.165, 1.54) is 0 Å². The molecule has 21 heavy (non-hydrogen) atoms. The molecule has 0 aromatic carbocycles. The summed E-state index contributed by atoms with van der Waals surface area (Å²) in [6.07, 6.45) is 0. The van der Waals surface area contributed by atoms with Gasteiger partial charge in [0.2, 0.25) is 0 Å². The Hall–Kier alpha value is -1.75. The minimum absolute atomic E-state index is 0.119. The average Bonchev–Trinajstić information content (AvgIpc) is 2.46. The maximum Gasteiger partial charge on any atom is 0.328 e. The van der Waals surface area contributed by atoms with Crippen molar-refractivity contribution >= 4 is 17.8 Å². The van der Waals surface area contributed by atoms with Crippen molar-refractivity contribution in [2.45, 2.75) is 0 Å². The van der Waals surface area contributed by atoms with Crippen molar-refractivity contribution < 1.29 is 23.9 Å². The van der Waals surface area contributed by atoms with Gasteiger partial charge in [0.1, 0.15) is 0 Å². The van der Waals surface area contributed by atoms with Gasteiger partial charge in [0.25, 0.3) is 0 Å². The summed E-state index contributed by atoms with van der Waals surface area (Å²) < 4.78 is 20.4. The first kappa shape index (κ1) is 17.3. The van der Waals surface area contributed by atoms with Gasteiger partial charge in [-0.15, -0.1) is 0 Å². The van der Waals surface area contributed by atoms with Gasteiger partial charge in [-0.25, -0.2) is 14.8 Å². The molecule has 0 saturated carbocycles. The number of aromatic nitrogens is 3. The molecule has 10 heteroatoms. The molecular formula is C11H23N6O4+. The van der Waals surface area contributed by atoms with E-state index in [1.54, 1.807) is 38.2 Å². The molecule has 0 amide bonds. The third-order valence-electron chi connectivity index (χ3n) is 2.40. The summed E-state index contributed by atoms with van der Waals surface area (Å²) in [7, 11) is 6.32. The fraction of sp³-hybridized carbons (Fsp3) is 0.727. The number of hydrogen-bond donors (Lipinski definition) is 1. The fourth-order valence-corrected chi connectivity index (χ4v) is 1.64. The molecule has 0 fully saturated rings. The summed E-state index contributed by atoms with van der Waals surface area (Å²) in [4.78, 5) is 14.8. The van der Waals surface area contributed by atoms with Gasteiger partial charge in [-0.2, -0.15) is 0 Å². The number of nitrogens with one attached hydrogen (secondary N) is 1. The largest absolute Gasteiger partial charge is 0.357 e. The molecule has 0 spiro atoms. The molecule has 0 aliphatic carbocycles. The Kier molecular flexibility index (Phi) is 7.61. The van der Waals surface area contributed by atoms with Gasteiger partial charge in [0.15, 0.2) is 26.9 Å². The first-order valence-electron chi connectivity index (χ1n) is 6.18. The van der Waals surface area contributed by atoms with Gasteiger partial charge in [0, 0.05) is 28.4 Å². The normalized spacial score (nSPS) is 10.7. The van der Waals surface area contributed by atoms with Crippen LogP contribution in [0.4, 0.5) is 17.8 Å². The molecule has 0 aliphatic heterocycles. The van der Waals surface area contributed by atoms with Crippen molar-refractivity contribution in [3.05, 3.63) is 0 Å². The highest BCUT2D eigenvalue weighted by Gasteiger charge is 2.22. The van der Waals surface area contributed by atoms with Crippen LogP contribution in [0.3, 0.4) is 0 Å². The van der Waals surface area contributed by atoms with Crippen LogP contribution in [0.1, 0.15) is 0 Å². The summed E-state index contributed by atoms with van der Waals surface area (Å²) in [6, 6.07) is 0. The van der Waals surface area contributed by atoms with E-state index >= 15 is 0 Å². The number of H-pyrrole nitrogens is 1. The minimum Gasteiger partial charge on any atom is -0.357 e. The van der Waals surface area contributed by atoms with E-state index in [0.29, 0.717) is 11.9 Å². The van der Waals surface area contributed by atoms with Crippen LogP contribution in [-0.2, 0) is 18.9 Å². The lowest BCUT2D eigenvalue weighted by Crippen LogP contribution is -2.39. The van der Waals surface area contributed by atoms with Crippen molar-refractivity contribution in [2.24, 2.45) is 0 Å². The molecule has 0 radical (unpaired) electrons. The van der Waals surface area contributed by atoms with Crippen LogP contribution in [0.25, 0.3) is 0 Å². The second-order valence-corrected chi connectivity index (χ2v) is 4.10. The number of nitrogens with zero attached hydrogens (tertiary/aromatic N) is 4. The highest BCUT2D eigenvalue weighted by Crippen LogP contribution is 2.10. The van der Waals surface area contributed by atoms with Gasteiger partial charge < -0.3 is 24.7 Å². The third-order valence-corrected chi connectivity index (χ3v) is 2.40. The average molecular weight is 303 g/mol. The van der Waals surface area contributed by atoms with E-state index in [-0.39, 0.29) is 32.9 Å². The third kappa shape index (κ3) is 5.27. The molecule has 10 nitrogen and oxygen atoms in total. The zero-order chi connectivity index (χ0) is 15.7. The Morgan fingerprint density at radius 1 is 0.810 bits per heavy atom. The van der Waals surface area contributed by atoms with Crippen LogP contribution >= 0.6 is 0 Å². The minimum atomic E-state index is 0.119. The molecule has 0 aliphatic rings. The molecule has 0 saturated heterocycles. The van der Waals surface area contributed by atoms with E-state index in [9.17, 15) is 0 Å². The standard InChI is InChI=1S/C11H22N6O4/c1-18-5-16(6-19-2)10-13-9(12)14-11(15-10)17(7-20-3)8-21-4/h5-8H2,1-4H3,(H2,12,13,14,15)/p+1. The number of ether oxygens (including phenoxy) is 4. The monoisotopic (exact) mass is 303 g/mol. The van der Waals surface area contributed by atoms with Gasteiger partial charge in [-0.3, -0.25) is 0 Å². The number of nitrogen functional groups attached to an aromatic ring is 1. The van der Waals surface area contributed by atoms with Crippen LogP contribution in [-0.4, -0.2) is 65.3 Å². The summed E-state index contributed by atoms with van der Waals surface area (Å²) in [5.74, 6) is 1.06. The Balaban J connectivity index is 3.05. The second kappa shape index (κ2) is 9.23. The maximum atomic E-state index is 5.76. The van der Waals surface area contributed by atoms with Crippen LogP contribution in [0.15, 0.2) is 0 Å². The molecule has 1 aromatic rings. The molecular weight excluding hydrogens is 280 g/mol. The number of hydrogen-bond acceptors (Lipinski definition) is 9. The van der Waals surface area contributed by atoms with Gasteiger partial charge in [0.05, 0.1) is 0 Å². The Morgan fingerprint density at radius 3 is 1.43 bits per heavy atom. The second-order valence-electron chi connectivity index (χ2n) is 4.10. The van der Waals surface area contributed by atoms with E-state index < -0.39 is 0 Å². The van der Waals surface area contributed by atoms with Crippen molar-refractivity contribution in [1.82, 2.24) is 9.97 Å². The van der Waals surface area contributed by atoms with Crippen LogP contribution in [0.5, 0.6) is 0 Å². The highest BCUT2D eigenvalue weighted by molar-refractivity contribution is 5.34. The van der Waals surface area contributed by atoms with Crippen LogP contribution < -0.4 is 20.5 Å². The molecule has 1 heterocycles. The number of anilines is 3.